The predicted molar refractivity (Wildman–Crippen MR) is 175 cm³/mol. The molecule has 0 spiro atoms. The standard InChI is InChI=1S/C37H27N3S/c1-3-4-6-14-31-24(2)22-30-35(39-32-15-10-9-13-29(32)36(30)38-31)26-18-16-25(17-19-26)28-20-21-34-33(23-28)40-37(41-34)27-11-7-5-8-12-27/h3-23H,1-2H3/b4-3-,14-6-. The van der Waals surface area contributed by atoms with Crippen molar-refractivity contribution in [1.82, 2.24) is 15.0 Å². The van der Waals surface area contributed by atoms with Crippen LogP contribution >= 0.6 is 11.3 Å². The molecule has 0 aliphatic carbocycles. The molecule has 3 aromatic heterocycles. The zero-order valence-corrected chi connectivity index (χ0v) is 23.7. The van der Waals surface area contributed by atoms with Crippen LogP contribution in [-0.2, 0) is 0 Å². The molecule has 0 fully saturated rings. The molecule has 3 nitrogen and oxygen atoms in total. The van der Waals surface area contributed by atoms with Crippen molar-refractivity contribution in [3.63, 3.8) is 0 Å². The summed E-state index contributed by atoms with van der Waals surface area (Å²) in [5.41, 5.74) is 10.5. The molecule has 7 rings (SSSR count). The van der Waals surface area contributed by atoms with E-state index in [2.05, 4.69) is 104 Å². The Morgan fingerprint density at radius 1 is 0.610 bits per heavy atom. The first-order valence-corrected chi connectivity index (χ1v) is 14.6. The van der Waals surface area contributed by atoms with Crippen molar-refractivity contribution >= 4 is 49.4 Å². The van der Waals surface area contributed by atoms with Gasteiger partial charge in [0.25, 0.3) is 0 Å². The second-order valence-electron chi connectivity index (χ2n) is 10.1. The molecule has 196 valence electrons. The molecule has 0 amide bonds. The second-order valence-corrected chi connectivity index (χ2v) is 11.1. The Morgan fingerprint density at radius 2 is 1.37 bits per heavy atom. The lowest BCUT2D eigenvalue weighted by atomic mass is 9.98. The second kappa shape index (κ2) is 10.6. The maximum Gasteiger partial charge on any atom is 0.124 e. The number of thiazole rings is 1. The predicted octanol–water partition coefficient (Wildman–Crippen LogP) is 10.3. The number of allylic oxidation sites excluding steroid dienone is 3. The minimum absolute atomic E-state index is 0.946. The Hall–Kier alpha value is -4.93. The van der Waals surface area contributed by atoms with Crippen molar-refractivity contribution in [2.24, 2.45) is 0 Å². The average molecular weight is 546 g/mol. The number of hydrogen-bond acceptors (Lipinski definition) is 4. The lowest BCUT2D eigenvalue weighted by Crippen LogP contribution is -1.95. The maximum absolute atomic E-state index is 5.12. The van der Waals surface area contributed by atoms with Gasteiger partial charge in [0.2, 0.25) is 0 Å². The van der Waals surface area contributed by atoms with E-state index in [1.165, 1.54) is 4.70 Å². The van der Waals surface area contributed by atoms with E-state index in [1.54, 1.807) is 11.3 Å². The molecular weight excluding hydrogens is 518 g/mol. The summed E-state index contributed by atoms with van der Waals surface area (Å²) >= 11 is 1.73. The Morgan fingerprint density at radius 3 is 2.20 bits per heavy atom. The van der Waals surface area contributed by atoms with Gasteiger partial charge in [-0.1, -0.05) is 97.1 Å². The third kappa shape index (κ3) is 4.73. The van der Waals surface area contributed by atoms with Crippen molar-refractivity contribution in [3.05, 3.63) is 133 Å². The molecule has 0 unspecified atom stereocenters. The molecule has 41 heavy (non-hydrogen) atoms. The van der Waals surface area contributed by atoms with Crippen molar-refractivity contribution in [2.75, 3.05) is 0 Å². The van der Waals surface area contributed by atoms with Crippen LogP contribution in [0, 0.1) is 6.92 Å². The van der Waals surface area contributed by atoms with E-state index in [0.29, 0.717) is 0 Å². The van der Waals surface area contributed by atoms with Gasteiger partial charge in [-0.05, 0) is 60.9 Å². The first-order chi connectivity index (χ1) is 20.2. The van der Waals surface area contributed by atoms with Crippen LogP contribution in [0.1, 0.15) is 18.2 Å². The highest BCUT2D eigenvalue weighted by molar-refractivity contribution is 7.21. The highest BCUT2D eigenvalue weighted by atomic mass is 32.1. The summed E-state index contributed by atoms with van der Waals surface area (Å²) in [6.45, 7) is 4.13. The lowest BCUT2D eigenvalue weighted by molar-refractivity contribution is 1.29. The number of aromatic nitrogens is 3. The van der Waals surface area contributed by atoms with E-state index in [4.69, 9.17) is 15.0 Å². The summed E-state index contributed by atoms with van der Waals surface area (Å²) in [4.78, 5) is 15.2. The van der Waals surface area contributed by atoms with Gasteiger partial charge in [-0.3, -0.25) is 0 Å². The van der Waals surface area contributed by atoms with E-state index in [1.807, 2.05) is 37.3 Å². The van der Waals surface area contributed by atoms with Gasteiger partial charge in [-0.25, -0.2) is 15.0 Å². The van der Waals surface area contributed by atoms with Crippen LogP contribution in [0.25, 0.3) is 71.1 Å². The Labute approximate surface area is 243 Å². The van der Waals surface area contributed by atoms with Gasteiger partial charge in [-0.15, -0.1) is 11.3 Å². The van der Waals surface area contributed by atoms with E-state index in [9.17, 15) is 0 Å². The molecule has 4 aromatic carbocycles. The maximum atomic E-state index is 5.12. The Balaban J connectivity index is 1.30. The molecule has 0 aliphatic rings. The number of nitrogens with zero attached hydrogens (tertiary/aromatic N) is 3. The third-order valence-corrected chi connectivity index (χ3v) is 8.44. The van der Waals surface area contributed by atoms with Crippen molar-refractivity contribution in [3.8, 4) is 33.0 Å². The van der Waals surface area contributed by atoms with Crippen LogP contribution in [0.3, 0.4) is 0 Å². The summed E-state index contributed by atoms with van der Waals surface area (Å²) in [5.74, 6) is 0. The minimum Gasteiger partial charge on any atom is -0.247 e. The summed E-state index contributed by atoms with van der Waals surface area (Å²) in [5, 5.41) is 3.18. The van der Waals surface area contributed by atoms with Crippen molar-refractivity contribution in [1.29, 1.82) is 0 Å². The third-order valence-electron chi connectivity index (χ3n) is 7.36. The molecule has 7 aromatic rings. The SMILES string of the molecule is C/C=C\C=C/c1nc2c(cc1C)c(-c1ccc(-c3ccc4sc(-c5ccccc5)nc4c3)cc1)nc1ccccc12. The molecule has 0 bridgehead atoms. The smallest absolute Gasteiger partial charge is 0.124 e. The number of para-hydroxylation sites is 1. The Kier molecular flexibility index (Phi) is 6.46. The lowest BCUT2D eigenvalue weighted by Gasteiger charge is -2.12. The summed E-state index contributed by atoms with van der Waals surface area (Å²) < 4.78 is 1.19. The minimum atomic E-state index is 0.946. The van der Waals surface area contributed by atoms with E-state index >= 15 is 0 Å². The van der Waals surface area contributed by atoms with E-state index < -0.39 is 0 Å². The van der Waals surface area contributed by atoms with Gasteiger partial charge in [0.05, 0.1) is 32.6 Å². The van der Waals surface area contributed by atoms with Gasteiger partial charge < -0.3 is 0 Å². The van der Waals surface area contributed by atoms with E-state index in [0.717, 1.165) is 71.5 Å². The van der Waals surface area contributed by atoms with Crippen LogP contribution in [-0.4, -0.2) is 15.0 Å². The molecule has 0 radical (unpaired) electrons. The fourth-order valence-corrected chi connectivity index (χ4v) is 6.20. The van der Waals surface area contributed by atoms with E-state index in [-0.39, 0.29) is 0 Å². The molecular formula is C37H27N3S. The van der Waals surface area contributed by atoms with Crippen LogP contribution < -0.4 is 0 Å². The quantitative estimate of drug-likeness (QED) is 0.159. The van der Waals surface area contributed by atoms with Gasteiger partial charge >= 0.3 is 0 Å². The number of fused-ring (bicyclic) bond motifs is 4. The van der Waals surface area contributed by atoms with Crippen LogP contribution in [0.2, 0.25) is 0 Å². The Bertz CT molecular complexity index is 2100. The molecule has 4 heteroatoms. The van der Waals surface area contributed by atoms with Gasteiger partial charge in [0, 0.05) is 21.9 Å². The number of rotatable bonds is 5. The number of pyridine rings is 2. The monoisotopic (exact) mass is 545 g/mol. The highest BCUT2D eigenvalue weighted by Gasteiger charge is 2.14. The average Bonchev–Trinajstić information content (AvgIpc) is 3.45. The van der Waals surface area contributed by atoms with Crippen molar-refractivity contribution < 1.29 is 0 Å². The topological polar surface area (TPSA) is 38.7 Å². The van der Waals surface area contributed by atoms with Crippen LogP contribution in [0.15, 0.2) is 121 Å². The fourth-order valence-electron chi connectivity index (χ4n) is 5.24. The first kappa shape index (κ1) is 25.1. The molecule has 0 saturated carbocycles. The normalized spacial score (nSPS) is 12.0. The van der Waals surface area contributed by atoms with Crippen LogP contribution in [0.5, 0.6) is 0 Å². The number of aryl methyl sites for hydroxylation is 1. The summed E-state index contributed by atoms with van der Waals surface area (Å²) in [7, 11) is 0. The highest BCUT2D eigenvalue weighted by Crippen LogP contribution is 2.36. The molecule has 0 aliphatic heterocycles. The zero-order chi connectivity index (χ0) is 27.8. The fraction of sp³-hybridized carbons (Fsp3) is 0.0541. The molecule has 3 heterocycles. The zero-order valence-electron chi connectivity index (χ0n) is 22.9. The largest absolute Gasteiger partial charge is 0.247 e. The number of benzene rings is 4. The number of hydrogen-bond donors (Lipinski definition) is 0. The summed E-state index contributed by atoms with van der Waals surface area (Å²) in [6, 6.07) is 36.1. The molecule has 0 atom stereocenters. The summed E-state index contributed by atoms with van der Waals surface area (Å²) in [6.07, 6.45) is 8.15. The van der Waals surface area contributed by atoms with Gasteiger partial charge in [-0.2, -0.15) is 0 Å². The van der Waals surface area contributed by atoms with Gasteiger partial charge in [0.1, 0.15) is 5.01 Å². The molecule has 0 saturated heterocycles. The first-order valence-electron chi connectivity index (χ1n) is 13.7. The van der Waals surface area contributed by atoms with Gasteiger partial charge in [0.15, 0.2) is 0 Å². The molecule has 0 N–H and O–H groups in total. The van der Waals surface area contributed by atoms with Crippen LogP contribution in [0.4, 0.5) is 0 Å². The van der Waals surface area contributed by atoms with Crippen molar-refractivity contribution in [2.45, 2.75) is 13.8 Å².